The number of carbonyl (C=O) groups excluding carboxylic acids is 1. The highest BCUT2D eigenvalue weighted by Gasteiger charge is 2.40. The molecular formula is C12H14BrN3O2. The number of ether oxygens (including phenoxy) is 1. The Morgan fingerprint density at radius 1 is 1.61 bits per heavy atom. The van der Waals surface area contributed by atoms with Gasteiger partial charge in [-0.1, -0.05) is 0 Å². The number of rotatable bonds is 1. The van der Waals surface area contributed by atoms with Gasteiger partial charge in [0, 0.05) is 23.8 Å². The van der Waals surface area contributed by atoms with E-state index < -0.39 is 0 Å². The van der Waals surface area contributed by atoms with Crippen LogP contribution >= 0.6 is 15.9 Å². The van der Waals surface area contributed by atoms with Crippen LogP contribution in [0.15, 0.2) is 16.7 Å². The molecule has 1 aromatic rings. The fourth-order valence-corrected chi connectivity index (χ4v) is 2.85. The first-order valence-corrected chi connectivity index (χ1v) is 6.83. The molecule has 0 bridgehead atoms. The van der Waals surface area contributed by atoms with Gasteiger partial charge in [0.25, 0.3) is 5.91 Å². The van der Waals surface area contributed by atoms with Crippen LogP contribution in [0.25, 0.3) is 0 Å². The maximum Gasteiger partial charge on any atom is 0.253 e. The zero-order chi connectivity index (χ0) is 12.7. The molecule has 1 fully saturated rings. The average Bonchev–Trinajstić information content (AvgIpc) is 2.40. The summed E-state index contributed by atoms with van der Waals surface area (Å²) in [6.45, 7) is 4.44. The predicted octanol–water partition coefficient (Wildman–Crippen LogP) is 1.42. The SMILES string of the molecule is CCN1C(=O)C2COCCN2c2cc(Br)cnc21. The molecule has 3 rings (SSSR count). The number of hydrogen-bond donors (Lipinski definition) is 0. The minimum absolute atomic E-state index is 0.0829. The zero-order valence-corrected chi connectivity index (χ0v) is 11.7. The lowest BCUT2D eigenvalue weighted by molar-refractivity contribution is -0.122. The highest BCUT2D eigenvalue weighted by molar-refractivity contribution is 9.10. The van der Waals surface area contributed by atoms with E-state index in [1.54, 1.807) is 11.1 Å². The van der Waals surface area contributed by atoms with Crippen LogP contribution < -0.4 is 9.80 Å². The Bertz CT molecular complexity index is 494. The summed E-state index contributed by atoms with van der Waals surface area (Å²) in [4.78, 5) is 20.6. The lowest BCUT2D eigenvalue weighted by Crippen LogP contribution is -2.59. The van der Waals surface area contributed by atoms with Gasteiger partial charge >= 0.3 is 0 Å². The van der Waals surface area contributed by atoms with Crippen molar-refractivity contribution in [1.29, 1.82) is 0 Å². The Morgan fingerprint density at radius 3 is 3.22 bits per heavy atom. The molecule has 0 saturated carbocycles. The van der Waals surface area contributed by atoms with Crippen molar-refractivity contribution in [3.63, 3.8) is 0 Å². The quantitative estimate of drug-likeness (QED) is 0.787. The predicted molar refractivity (Wildman–Crippen MR) is 71.9 cm³/mol. The number of pyridine rings is 1. The number of morpholine rings is 1. The lowest BCUT2D eigenvalue weighted by atomic mass is 10.1. The van der Waals surface area contributed by atoms with Crippen LogP contribution in [0, 0.1) is 0 Å². The van der Waals surface area contributed by atoms with Crippen LogP contribution in [0.1, 0.15) is 6.92 Å². The van der Waals surface area contributed by atoms with Gasteiger partial charge in [0.2, 0.25) is 0 Å². The number of anilines is 2. The van der Waals surface area contributed by atoms with E-state index in [0.29, 0.717) is 19.8 Å². The summed E-state index contributed by atoms with van der Waals surface area (Å²) in [6, 6.07) is 1.82. The third-order valence-corrected chi connectivity index (χ3v) is 3.81. The third kappa shape index (κ3) is 1.71. The maximum absolute atomic E-state index is 12.4. The second-order valence-electron chi connectivity index (χ2n) is 4.36. The molecule has 1 unspecified atom stereocenters. The molecule has 1 aromatic heterocycles. The molecule has 0 N–H and O–H groups in total. The number of carbonyl (C=O) groups is 1. The molecular weight excluding hydrogens is 298 g/mol. The van der Waals surface area contributed by atoms with E-state index in [0.717, 1.165) is 22.5 Å². The first-order chi connectivity index (χ1) is 8.72. The van der Waals surface area contributed by atoms with Crippen LogP contribution in [-0.2, 0) is 9.53 Å². The maximum atomic E-state index is 12.4. The number of likely N-dealkylation sites (N-methyl/N-ethyl adjacent to an activating group) is 1. The van der Waals surface area contributed by atoms with Gasteiger partial charge in [0.15, 0.2) is 5.82 Å². The normalized spacial score (nSPS) is 22.8. The molecule has 1 atom stereocenters. The lowest BCUT2D eigenvalue weighted by Gasteiger charge is -2.44. The van der Waals surface area contributed by atoms with E-state index in [4.69, 9.17) is 4.74 Å². The molecule has 0 aliphatic carbocycles. The van der Waals surface area contributed by atoms with Crippen LogP contribution in [0.4, 0.5) is 11.5 Å². The molecule has 96 valence electrons. The Kier molecular flexibility index (Phi) is 2.99. The minimum atomic E-state index is -0.206. The van der Waals surface area contributed by atoms with Crippen molar-refractivity contribution >= 4 is 33.3 Å². The summed E-state index contributed by atoms with van der Waals surface area (Å²) < 4.78 is 6.35. The molecule has 1 amide bonds. The molecule has 6 heteroatoms. The molecule has 0 aromatic carbocycles. The fourth-order valence-electron chi connectivity index (χ4n) is 2.53. The fraction of sp³-hybridized carbons (Fsp3) is 0.500. The first-order valence-electron chi connectivity index (χ1n) is 6.03. The van der Waals surface area contributed by atoms with E-state index in [2.05, 4.69) is 25.8 Å². The van der Waals surface area contributed by atoms with Gasteiger partial charge in [-0.05, 0) is 28.9 Å². The van der Waals surface area contributed by atoms with Gasteiger partial charge in [0.05, 0.1) is 18.9 Å². The number of halogens is 1. The number of amides is 1. The van der Waals surface area contributed by atoms with Gasteiger partial charge in [0.1, 0.15) is 6.04 Å². The summed E-state index contributed by atoms with van der Waals surface area (Å²) in [7, 11) is 0. The summed E-state index contributed by atoms with van der Waals surface area (Å²) in [5, 5.41) is 0. The van der Waals surface area contributed by atoms with E-state index >= 15 is 0 Å². The third-order valence-electron chi connectivity index (χ3n) is 3.37. The van der Waals surface area contributed by atoms with Crippen molar-refractivity contribution in [2.24, 2.45) is 0 Å². The van der Waals surface area contributed by atoms with E-state index in [1.807, 2.05) is 13.0 Å². The van der Waals surface area contributed by atoms with Crippen molar-refractivity contribution < 1.29 is 9.53 Å². The van der Waals surface area contributed by atoms with E-state index in [9.17, 15) is 4.79 Å². The molecule has 3 heterocycles. The number of hydrogen-bond acceptors (Lipinski definition) is 4. The van der Waals surface area contributed by atoms with Gasteiger partial charge in [-0.2, -0.15) is 0 Å². The van der Waals surface area contributed by atoms with Crippen LogP contribution in [0.5, 0.6) is 0 Å². The highest BCUT2D eigenvalue weighted by Crippen LogP contribution is 2.36. The van der Waals surface area contributed by atoms with Crippen molar-refractivity contribution in [1.82, 2.24) is 4.98 Å². The zero-order valence-electron chi connectivity index (χ0n) is 10.1. The second-order valence-corrected chi connectivity index (χ2v) is 5.28. The first kappa shape index (κ1) is 11.9. The number of fused-ring (bicyclic) bond motifs is 3. The van der Waals surface area contributed by atoms with Crippen molar-refractivity contribution in [2.75, 3.05) is 36.1 Å². The number of aromatic nitrogens is 1. The summed E-state index contributed by atoms with van der Waals surface area (Å²) in [5.74, 6) is 0.836. The Hall–Kier alpha value is -1.14. The molecule has 0 spiro atoms. The molecule has 5 nitrogen and oxygen atoms in total. The van der Waals surface area contributed by atoms with Crippen LogP contribution in [0.2, 0.25) is 0 Å². The Morgan fingerprint density at radius 2 is 2.44 bits per heavy atom. The van der Waals surface area contributed by atoms with Crippen molar-refractivity contribution in [3.8, 4) is 0 Å². The van der Waals surface area contributed by atoms with Gasteiger partial charge in [-0.25, -0.2) is 4.98 Å². The molecule has 18 heavy (non-hydrogen) atoms. The van der Waals surface area contributed by atoms with Crippen LogP contribution in [0.3, 0.4) is 0 Å². The van der Waals surface area contributed by atoms with E-state index in [-0.39, 0.29) is 11.9 Å². The van der Waals surface area contributed by atoms with Crippen molar-refractivity contribution in [2.45, 2.75) is 13.0 Å². The molecule has 2 aliphatic heterocycles. The standard InChI is InChI=1S/C12H14BrN3O2/c1-2-15-11-9(5-8(13)6-14-11)16-3-4-18-7-10(16)12(15)17/h5-6,10H,2-4,7H2,1H3. The summed E-state index contributed by atoms with van der Waals surface area (Å²) in [6.07, 6.45) is 1.73. The second kappa shape index (κ2) is 4.51. The highest BCUT2D eigenvalue weighted by atomic mass is 79.9. The molecule has 0 radical (unpaired) electrons. The van der Waals surface area contributed by atoms with Crippen molar-refractivity contribution in [3.05, 3.63) is 16.7 Å². The topological polar surface area (TPSA) is 45.7 Å². The largest absolute Gasteiger partial charge is 0.377 e. The van der Waals surface area contributed by atoms with E-state index in [1.165, 1.54) is 0 Å². The smallest absolute Gasteiger partial charge is 0.253 e. The summed E-state index contributed by atoms with van der Waals surface area (Å²) >= 11 is 3.44. The Balaban J connectivity index is 2.12. The molecule has 2 aliphatic rings. The average molecular weight is 312 g/mol. The van der Waals surface area contributed by atoms with Crippen LogP contribution in [-0.4, -0.2) is 43.2 Å². The van der Waals surface area contributed by atoms with Gasteiger partial charge < -0.3 is 9.64 Å². The van der Waals surface area contributed by atoms with Gasteiger partial charge in [-0.15, -0.1) is 0 Å². The molecule has 1 saturated heterocycles. The minimum Gasteiger partial charge on any atom is -0.377 e. The monoisotopic (exact) mass is 311 g/mol. The Labute approximate surface area is 114 Å². The van der Waals surface area contributed by atoms with Gasteiger partial charge in [-0.3, -0.25) is 9.69 Å². The summed E-state index contributed by atoms with van der Waals surface area (Å²) in [5.41, 5.74) is 1.01. The number of nitrogens with zero attached hydrogens (tertiary/aromatic N) is 3.